The molecule has 106 valence electrons. The molecular weight excluding hydrogens is 286 g/mol. The van der Waals surface area contributed by atoms with Crippen molar-refractivity contribution in [3.63, 3.8) is 0 Å². The lowest BCUT2D eigenvalue weighted by Gasteiger charge is -2.16. The van der Waals surface area contributed by atoms with E-state index in [1.165, 1.54) is 10.4 Å². The maximum Gasteiger partial charge on any atom is 0.233 e. The molecule has 2 aromatic rings. The van der Waals surface area contributed by atoms with Crippen LogP contribution in [-0.2, 0) is 10.5 Å². The molecule has 0 fully saturated rings. The number of nitrogens with one attached hydrogen (secondary N) is 1. The fourth-order valence-corrected chi connectivity index (χ4v) is 3.40. The smallest absolute Gasteiger partial charge is 0.233 e. The highest BCUT2D eigenvalue weighted by Crippen LogP contribution is 2.21. The maximum absolute atomic E-state index is 12.1. The highest BCUT2D eigenvalue weighted by Gasteiger charge is 2.16. The first kappa shape index (κ1) is 15.1. The average Bonchev–Trinajstić information content (AvgIpc) is 3.00. The lowest BCUT2D eigenvalue weighted by Crippen LogP contribution is -2.32. The maximum atomic E-state index is 12.1. The van der Waals surface area contributed by atoms with Crippen LogP contribution in [0.2, 0.25) is 0 Å². The van der Waals surface area contributed by atoms with Gasteiger partial charge in [0.2, 0.25) is 5.91 Å². The van der Waals surface area contributed by atoms with E-state index in [9.17, 15) is 4.79 Å². The molecule has 1 aromatic carbocycles. The normalized spacial score (nSPS) is 13.7. The fourth-order valence-electron chi connectivity index (χ4n) is 1.81. The molecule has 4 heteroatoms. The Hall–Kier alpha value is -1.26. The third kappa shape index (κ3) is 4.39. The topological polar surface area (TPSA) is 29.1 Å². The number of amides is 1. The summed E-state index contributed by atoms with van der Waals surface area (Å²) in [6.07, 6.45) is 0. The number of thioether (sulfide) groups is 1. The lowest BCUT2D eigenvalue weighted by molar-refractivity contribution is -0.120. The van der Waals surface area contributed by atoms with Crippen molar-refractivity contribution in [2.24, 2.45) is 0 Å². The van der Waals surface area contributed by atoms with Gasteiger partial charge in [-0.15, -0.1) is 23.1 Å². The molecule has 2 rings (SSSR count). The SMILES string of the molecule is C[C@H](SCc1ccccc1)C(=O)N[C@@H](C)c1cccs1. The first-order chi connectivity index (χ1) is 9.66. The number of benzene rings is 1. The first-order valence-electron chi connectivity index (χ1n) is 6.66. The van der Waals surface area contributed by atoms with Gasteiger partial charge in [-0.05, 0) is 30.9 Å². The van der Waals surface area contributed by atoms with E-state index in [4.69, 9.17) is 0 Å². The number of hydrogen-bond acceptors (Lipinski definition) is 3. The molecule has 0 saturated heterocycles. The molecule has 1 aromatic heterocycles. The van der Waals surface area contributed by atoms with Crippen molar-refractivity contribution in [2.45, 2.75) is 30.9 Å². The number of carbonyl (C=O) groups is 1. The quantitative estimate of drug-likeness (QED) is 0.864. The Morgan fingerprint density at radius 3 is 2.60 bits per heavy atom. The van der Waals surface area contributed by atoms with Crippen molar-refractivity contribution in [1.29, 1.82) is 0 Å². The lowest BCUT2D eigenvalue weighted by atomic mass is 10.2. The molecule has 0 aliphatic carbocycles. The molecule has 0 unspecified atom stereocenters. The number of carbonyl (C=O) groups excluding carboxylic acids is 1. The third-order valence-electron chi connectivity index (χ3n) is 3.04. The zero-order chi connectivity index (χ0) is 14.4. The molecule has 1 N–H and O–H groups in total. The van der Waals surface area contributed by atoms with Crippen LogP contribution in [0.1, 0.15) is 30.3 Å². The van der Waals surface area contributed by atoms with E-state index in [2.05, 4.69) is 23.5 Å². The summed E-state index contributed by atoms with van der Waals surface area (Å²) in [6.45, 7) is 3.99. The Labute approximate surface area is 128 Å². The molecular formula is C16H19NOS2. The molecule has 0 saturated carbocycles. The zero-order valence-electron chi connectivity index (χ0n) is 11.7. The Balaban J connectivity index is 1.80. The van der Waals surface area contributed by atoms with Gasteiger partial charge in [0.05, 0.1) is 11.3 Å². The third-order valence-corrected chi connectivity index (χ3v) is 5.31. The Bertz CT molecular complexity index is 525. The highest BCUT2D eigenvalue weighted by atomic mass is 32.2. The predicted molar refractivity (Wildman–Crippen MR) is 88.1 cm³/mol. The summed E-state index contributed by atoms with van der Waals surface area (Å²) >= 11 is 3.34. The summed E-state index contributed by atoms with van der Waals surface area (Å²) < 4.78 is 0. The average molecular weight is 305 g/mol. The van der Waals surface area contributed by atoms with Crippen LogP contribution >= 0.6 is 23.1 Å². The molecule has 2 nitrogen and oxygen atoms in total. The van der Waals surface area contributed by atoms with Gasteiger partial charge in [0.25, 0.3) is 0 Å². The minimum Gasteiger partial charge on any atom is -0.348 e. The molecule has 0 spiro atoms. The van der Waals surface area contributed by atoms with Gasteiger partial charge < -0.3 is 5.32 Å². The largest absolute Gasteiger partial charge is 0.348 e. The van der Waals surface area contributed by atoms with Gasteiger partial charge in [0.1, 0.15) is 0 Å². The second kappa shape index (κ2) is 7.50. The summed E-state index contributed by atoms with van der Waals surface area (Å²) in [5.74, 6) is 0.967. The van der Waals surface area contributed by atoms with E-state index in [1.54, 1.807) is 23.1 Å². The van der Waals surface area contributed by atoms with E-state index in [-0.39, 0.29) is 17.2 Å². The van der Waals surface area contributed by atoms with E-state index in [0.29, 0.717) is 0 Å². The standard InChI is InChI=1S/C16H19NOS2/c1-12(15-9-6-10-19-15)17-16(18)13(2)20-11-14-7-4-3-5-8-14/h3-10,12-13H,11H2,1-2H3,(H,17,18)/t12-,13-/m0/s1. The molecule has 0 aliphatic heterocycles. The van der Waals surface area contributed by atoms with Crippen LogP contribution in [0.3, 0.4) is 0 Å². The van der Waals surface area contributed by atoms with Crippen molar-refractivity contribution >= 4 is 29.0 Å². The predicted octanol–water partition coefficient (Wildman–Crippen LogP) is 4.25. The molecule has 0 aliphatic rings. The van der Waals surface area contributed by atoms with Crippen LogP contribution in [-0.4, -0.2) is 11.2 Å². The van der Waals surface area contributed by atoms with Gasteiger partial charge in [-0.3, -0.25) is 4.79 Å². The van der Waals surface area contributed by atoms with Crippen molar-refractivity contribution in [3.8, 4) is 0 Å². The summed E-state index contributed by atoms with van der Waals surface area (Å²) in [5.41, 5.74) is 1.25. The van der Waals surface area contributed by atoms with Crippen molar-refractivity contribution in [2.75, 3.05) is 0 Å². The van der Waals surface area contributed by atoms with Crippen LogP contribution in [0.25, 0.3) is 0 Å². The summed E-state index contributed by atoms with van der Waals surface area (Å²) in [5, 5.41) is 5.06. The van der Waals surface area contributed by atoms with Crippen LogP contribution in [0.5, 0.6) is 0 Å². The number of hydrogen-bond donors (Lipinski definition) is 1. The van der Waals surface area contributed by atoms with Gasteiger partial charge in [-0.2, -0.15) is 0 Å². The number of thiophene rings is 1. The summed E-state index contributed by atoms with van der Waals surface area (Å²) in [4.78, 5) is 13.3. The second-order valence-electron chi connectivity index (χ2n) is 4.68. The van der Waals surface area contributed by atoms with Crippen molar-refractivity contribution in [1.82, 2.24) is 5.32 Å². The minimum absolute atomic E-state index is 0.0439. The first-order valence-corrected chi connectivity index (χ1v) is 8.59. The van der Waals surface area contributed by atoms with Crippen LogP contribution in [0.15, 0.2) is 47.8 Å². The summed E-state index contributed by atoms with van der Waals surface area (Å²) in [7, 11) is 0. The Morgan fingerprint density at radius 1 is 1.20 bits per heavy atom. The molecule has 0 radical (unpaired) electrons. The van der Waals surface area contributed by atoms with Crippen LogP contribution < -0.4 is 5.32 Å². The van der Waals surface area contributed by atoms with E-state index < -0.39 is 0 Å². The van der Waals surface area contributed by atoms with Gasteiger partial charge in [0.15, 0.2) is 0 Å². The minimum atomic E-state index is -0.0439. The van der Waals surface area contributed by atoms with Gasteiger partial charge in [-0.1, -0.05) is 36.4 Å². The Kier molecular flexibility index (Phi) is 5.68. The molecule has 20 heavy (non-hydrogen) atoms. The highest BCUT2D eigenvalue weighted by molar-refractivity contribution is 7.99. The van der Waals surface area contributed by atoms with Crippen molar-refractivity contribution in [3.05, 3.63) is 58.3 Å². The van der Waals surface area contributed by atoms with Gasteiger partial charge >= 0.3 is 0 Å². The summed E-state index contributed by atoms with van der Waals surface area (Å²) in [6, 6.07) is 14.4. The molecule has 1 amide bonds. The monoisotopic (exact) mass is 305 g/mol. The van der Waals surface area contributed by atoms with E-state index in [1.807, 2.05) is 43.5 Å². The van der Waals surface area contributed by atoms with Gasteiger partial charge in [0, 0.05) is 10.6 Å². The molecule has 0 bridgehead atoms. The fraction of sp³-hybridized carbons (Fsp3) is 0.312. The molecule has 2 atom stereocenters. The second-order valence-corrected chi connectivity index (χ2v) is 6.99. The number of rotatable bonds is 6. The van der Waals surface area contributed by atoms with Crippen LogP contribution in [0.4, 0.5) is 0 Å². The Morgan fingerprint density at radius 2 is 1.95 bits per heavy atom. The van der Waals surface area contributed by atoms with E-state index in [0.717, 1.165) is 5.75 Å². The zero-order valence-corrected chi connectivity index (χ0v) is 13.3. The van der Waals surface area contributed by atoms with Gasteiger partial charge in [-0.25, -0.2) is 0 Å². The molecule has 1 heterocycles. The van der Waals surface area contributed by atoms with Crippen molar-refractivity contribution < 1.29 is 4.79 Å². The van der Waals surface area contributed by atoms with Crippen LogP contribution in [0, 0.1) is 0 Å². The van der Waals surface area contributed by atoms with E-state index >= 15 is 0 Å².